The zero-order chi connectivity index (χ0) is 12.5. The van der Waals surface area contributed by atoms with Crippen molar-refractivity contribution in [3.8, 4) is 0 Å². The molecule has 1 saturated carbocycles. The number of benzene rings is 1. The van der Waals surface area contributed by atoms with Gasteiger partial charge in [-0.1, -0.05) is 44.5 Å². The zero-order valence-corrected chi connectivity index (χ0v) is 10.6. The van der Waals surface area contributed by atoms with Crippen LogP contribution in [0.3, 0.4) is 0 Å². The maximum atomic E-state index is 11.4. The topological polar surface area (TPSA) is 37.3 Å². The third-order valence-corrected chi connectivity index (χ3v) is 3.77. The van der Waals surface area contributed by atoms with Gasteiger partial charge in [-0.3, -0.25) is 4.79 Å². The van der Waals surface area contributed by atoms with Crippen molar-refractivity contribution in [3.05, 3.63) is 35.4 Å². The van der Waals surface area contributed by atoms with E-state index in [-0.39, 0.29) is 0 Å². The first-order valence-electron chi connectivity index (χ1n) is 6.37. The Labute approximate surface area is 103 Å². The fourth-order valence-corrected chi connectivity index (χ4v) is 2.59. The highest BCUT2D eigenvalue weighted by atomic mass is 16.4. The van der Waals surface area contributed by atoms with Crippen molar-refractivity contribution in [2.75, 3.05) is 0 Å². The summed E-state index contributed by atoms with van der Waals surface area (Å²) in [6.45, 7) is 4.39. The summed E-state index contributed by atoms with van der Waals surface area (Å²) < 4.78 is 0. The Balaban J connectivity index is 2.20. The van der Waals surface area contributed by atoms with E-state index >= 15 is 0 Å². The molecule has 1 aromatic rings. The number of carboxylic acid groups (broad SMARTS) is 1. The van der Waals surface area contributed by atoms with Gasteiger partial charge in [0.15, 0.2) is 0 Å². The van der Waals surface area contributed by atoms with Crippen molar-refractivity contribution in [1.29, 1.82) is 0 Å². The highest BCUT2D eigenvalue weighted by Crippen LogP contribution is 2.43. The number of carbonyl (C=O) groups is 1. The molecule has 0 spiro atoms. The molecule has 0 amide bonds. The molecule has 2 heteroatoms. The standard InChI is InChI=1S/C15H20O2/c1-11(2)10-12-4-6-13(7-5-12)15(14(16)17)8-3-9-15/h4-7,11H,3,8-10H2,1-2H3,(H,16,17). The molecule has 17 heavy (non-hydrogen) atoms. The lowest BCUT2D eigenvalue weighted by molar-refractivity contribution is -0.147. The minimum Gasteiger partial charge on any atom is -0.481 e. The average molecular weight is 232 g/mol. The first-order valence-corrected chi connectivity index (χ1v) is 6.37. The van der Waals surface area contributed by atoms with Crippen LogP contribution in [0.15, 0.2) is 24.3 Å². The van der Waals surface area contributed by atoms with Gasteiger partial charge in [0.05, 0.1) is 5.41 Å². The van der Waals surface area contributed by atoms with Gasteiger partial charge >= 0.3 is 5.97 Å². The van der Waals surface area contributed by atoms with Gasteiger partial charge in [0.2, 0.25) is 0 Å². The minimum atomic E-state index is -0.666. The summed E-state index contributed by atoms with van der Waals surface area (Å²) in [6.07, 6.45) is 3.65. The molecule has 92 valence electrons. The molecule has 2 rings (SSSR count). The van der Waals surface area contributed by atoms with E-state index in [1.54, 1.807) is 0 Å². The van der Waals surface area contributed by atoms with E-state index in [1.807, 2.05) is 12.1 Å². The molecule has 0 saturated heterocycles. The summed E-state index contributed by atoms with van der Waals surface area (Å²) in [5, 5.41) is 9.35. The highest BCUT2D eigenvalue weighted by molar-refractivity contribution is 5.82. The fraction of sp³-hybridized carbons (Fsp3) is 0.533. The third-order valence-electron chi connectivity index (χ3n) is 3.77. The lowest BCUT2D eigenvalue weighted by Crippen LogP contribution is -2.42. The SMILES string of the molecule is CC(C)Cc1ccc(C2(C(=O)O)CCC2)cc1. The monoisotopic (exact) mass is 232 g/mol. The van der Waals surface area contributed by atoms with E-state index in [9.17, 15) is 9.90 Å². The first-order chi connectivity index (χ1) is 8.04. The van der Waals surface area contributed by atoms with Gasteiger partial charge in [-0.05, 0) is 36.3 Å². The predicted octanol–water partition coefficient (Wildman–Crippen LogP) is 3.39. The molecular formula is C15H20O2. The van der Waals surface area contributed by atoms with Gasteiger partial charge in [-0.15, -0.1) is 0 Å². The van der Waals surface area contributed by atoms with E-state index in [4.69, 9.17) is 0 Å². The lowest BCUT2D eigenvalue weighted by Gasteiger charge is -2.38. The predicted molar refractivity (Wildman–Crippen MR) is 68.1 cm³/mol. The van der Waals surface area contributed by atoms with E-state index in [0.29, 0.717) is 5.92 Å². The van der Waals surface area contributed by atoms with Crippen LogP contribution < -0.4 is 0 Å². The molecule has 0 radical (unpaired) electrons. The second kappa shape index (κ2) is 4.52. The number of aliphatic carboxylic acids is 1. The largest absolute Gasteiger partial charge is 0.481 e. The van der Waals surface area contributed by atoms with Crippen LogP contribution in [-0.4, -0.2) is 11.1 Å². The molecule has 1 fully saturated rings. The molecule has 0 heterocycles. The molecule has 1 aromatic carbocycles. The van der Waals surface area contributed by atoms with E-state index in [2.05, 4.69) is 26.0 Å². The number of rotatable bonds is 4. The third kappa shape index (κ3) is 2.21. The molecular weight excluding hydrogens is 212 g/mol. The number of hydrogen-bond donors (Lipinski definition) is 1. The Morgan fingerprint density at radius 2 is 1.88 bits per heavy atom. The van der Waals surface area contributed by atoms with Crippen LogP contribution >= 0.6 is 0 Å². The van der Waals surface area contributed by atoms with Gasteiger partial charge in [-0.2, -0.15) is 0 Å². The van der Waals surface area contributed by atoms with Gasteiger partial charge in [0.25, 0.3) is 0 Å². The van der Waals surface area contributed by atoms with E-state index < -0.39 is 11.4 Å². The molecule has 2 nitrogen and oxygen atoms in total. The Kier molecular flexibility index (Phi) is 3.23. The summed E-state index contributed by atoms with van der Waals surface area (Å²) in [5.74, 6) is -0.0293. The van der Waals surface area contributed by atoms with Crippen LogP contribution in [0.4, 0.5) is 0 Å². The molecule has 1 N–H and O–H groups in total. The van der Waals surface area contributed by atoms with E-state index in [1.165, 1.54) is 5.56 Å². The van der Waals surface area contributed by atoms with Crippen LogP contribution in [-0.2, 0) is 16.6 Å². The maximum Gasteiger partial charge on any atom is 0.314 e. The Morgan fingerprint density at radius 1 is 1.29 bits per heavy atom. The summed E-state index contributed by atoms with van der Waals surface area (Å²) in [6, 6.07) is 8.17. The van der Waals surface area contributed by atoms with Gasteiger partial charge in [0, 0.05) is 0 Å². The van der Waals surface area contributed by atoms with Crippen molar-refractivity contribution in [2.45, 2.75) is 44.9 Å². The molecule has 0 atom stereocenters. The number of hydrogen-bond acceptors (Lipinski definition) is 1. The molecule has 1 aliphatic rings. The maximum absolute atomic E-state index is 11.4. The summed E-state index contributed by atoms with van der Waals surface area (Å²) in [4.78, 5) is 11.4. The van der Waals surface area contributed by atoms with Gasteiger partial charge < -0.3 is 5.11 Å². The van der Waals surface area contributed by atoms with E-state index in [0.717, 1.165) is 31.2 Å². The first kappa shape index (κ1) is 12.2. The molecule has 0 aliphatic heterocycles. The highest BCUT2D eigenvalue weighted by Gasteiger charge is 2.45. The second-order valence-corrected chi connectivity index (χ2v) is 5.54. The van der Waals surface area contributed by atoms with Crippen molar-refractivity contribution in [3.63, 3.8) is 0 Å². The molecule has 1 aliphatic carbocycles. The zero-order valence-electron chi connectivity index (χ0n) is 10.6. The summed E-state index contributed by atoms with van der Waals surface area (Å²) in [7, 11) is 0. The van der Waals surface area contributed by atoms with Gasteiger partial charge in [0.1, 0.15) is 0 Å². The van der Waals surface area contributed by atoms with Gasteiger partial charge in [-0.25, -0.2) is 0 Å². The van der Waals surface area contributed by atoms with Crippen LogP contribution in [0.2, 0.25) is 0 Å². The Morgan fingerprint density at radius 3 is 2.24 bits per heavy atom. The van der Waals surface area contributed by atoms with Crippen LogP contribution in [0.1, 0.15) is 44.2 Å². The lowest BCUT2D eigenvalue weighted by atomic mass is 9.64. The summed E-state index contributed by atoms with van der Waals surface area (Å²) >= 11 is 0. The molecule has 0 unspecified atom stereocenters. The van der Waals surface area contributed by atoms with Crippen LogP contribution in [0.5, 0.6) is 0 Å². The molecule has 0 aromatic heterocycles. The van der Waals surface area contributed by atoms with Crippen molar-refractivity contribution >= 4 is 5.97 Å². The average Bonchev–Trinajstić information content (AvgIpc) is 2.17. The number of carboxylic acids is 1. The van der Waals surface area contributed by atoms with Crippen molar-refractivity contribution < 1.29 is 9.90 Å². The summed E-state index contributed by atoms with van der Waals surface area (Å²) in [5.41, 5.74) is 1.68. The Bertz CT molecular complexity index is 399. The molecule has 0 bridgehead atoms. The smallest absolute Gasteiger partial charge is 0.314 e. The quantitative estimate of drug-likeness (QED) is 0.864. The normalized spacial score (nSPS) is 17.8. The second-order valence-electron chi connectivity index (χ2n) is 5.54. The Hall–Kier alpha value is -1.31. The van der Waals surface area contributed by atoms with Crippen molar-refractivity contribution in [1.82, 2.24) is 0 Å². The van der Waals surface area contributed by atoms with Crippen molar-refractivity contribution in [2.24, 2.45) is 5.92 Å². The van der Waals surface area contributed by atoms with Crippen LogP contribution in [0.25, 0.3) is 0 Å². The minimum absolute atomic E-state index is 0.587. The fourth-order valence-electron chi connectivity index (χ4n) is 2.59. The van der Waals surface area contributed by atoms with Crippen LogP contribution in [0, 0.1) is 5.92 Å².